The molecule has 0 aliphatic rings. The van der Waals surface area contributed by atoms with Crippen molar-refractivity contribution in [2.24, 2.45) is 5.73 Å². The summed E-state index contributed by atoms with van der Waals surface area (Å²) in [5.41, 5.74) is 6.85. The molecule has 0 saturated heterocycles. The molecule has 3 nitrogen and oxygen atoms in total. The van der Waals surface area contributed by atoms with Gasteiger partial charge in [0, 0.05) is 7.05 Å². The zero-order valence-electron chi connectivity index (χ0n) is 9.16. The largest absolute Gasteiger partial charge is 0.392 e. The zero-order valence-corrected chi connectivity index (χ0v) is 10.7. The van der Waals surface area contributed by atoms with E-state index < -0.39 is 0 Å². The number of benzene rings is 1. The Labute approximate surface area is 105 Å². The molecule has 0 fully saturated rings. The lowest BCUT2D eigenvalue weighted by atomic mass is 10.1. The summed E-state index contributed by atoms with van der Waals surface area (Å²) in [5, 5.41) is 0.444. The van der Waals surface area contributed by atoms with E-state index in [1.54, 1.807) is 19.2 Å². The Kier molecular flexibility index (Phi) is 4.26. The minimum absolute atomic E-state index is 0.183. The van der Waals surface area contributed by atoms with Crippen molar-refractivity contribution in [1.82, 2.24) is 4.90 Å². The van der Waals surface area contributed by atoms with E-state index in [-0.39, 0.29) is 17.4 Å². The van der Waals surface area contributed by atoms with Crippen LogP contribution in [0.25, 0.3) is 0 Å². The van der Waals surface area contributed by atoms with Crippen molar-refractivity contribution < 1.29 is 4.79 Å². The van der Waals surface area contributed by atoms with E-state index in [1.165, 1.54) is 4.90 Å². The molecule has 0 atom stereocenters. The summed E-state index contributed by atoms with van der Waals surface area (Å²) in [7, 11) is 1.64. The van der Waals surface area contributed by atoms with Gasteiger partial charge in [-0.05, 0) is 24.6 Å². The predicted octanol–water partition coefficient (Wildman–Crippen LogP) is 2.01. The maximum Gasteiger partial charge on any atom is 0.255 e. The molecule has 1 aromatic rings. The van der Waals surface area contributed by atoms with Gasteiger partial charge in [-0.1, -0.05) is 29.9 Å². The van der Waals surface area contributed by atoms with Crippen molar-refractivity contribution in [3.05, 3.63) is 34.3 Å². The molecule has 0 aliphatic carbocycles. The highest BCUT2D eigenvalue weighted by Crippen LogP contribution is 2.18. The molecule has 0 aromatic heterocycles. The average molecular weight is 257 g/mol. The van der Waals surface area contributed by atoms with Crippen LogP contribution in [0.3, 0.4) is 0 Å². The van der Waals surface area contributed by atoms with E-state index >= 15 is 0 Å². The first-order chi connectivity index (χ1) is 7.41. The molecular weight excluding hydrogens is 244 g/mol. The van der Waals surface area contributed by atoms with Crippen molar-refractivity contribution >= 4 is 34.7 Å². The van der Waals surface area contributed by atoms with Crippen molar-refractivity contribution in [1.29, 1.82) is 0 Å². The second kappa shape index (κ2) is 5.27. The predicted molar refractivity (Wildman–Crippen MR) is 69.9 cm³/mol. The molecule has 0 heterocycles. The molecule has 1 amide bonds. The third-order valence-electron chi connectivity index (χ3n) is 2.09. The highest BCUT2D eigenvalue weighted by atomic mass is 35.5. The lowest BCUT2D eigenvalue weighted by molar-refractivity contribution is 0.0815. The smallest absolute Gasteiger partial charge is 0.255 e. The Balaban J connectivity index is 2.92. The normalized spacial score (nSPS) is 9.94. The number of aryl methyl sites for hydroxylation is 1. The minimum atomic E-state index is -0.183. The number of nitrogens with two attached hydrogens (primary N) is 1. The van der Waals surface area contributed by atoms with Gasteiger partial charge in [-0.15, -0.1) is 0 Å². The van der Waals surface area contributed by atoms with Crippen LogP contribution in [-0.4, -0.2) is 29.4 Å². The van der Waals surface area contributed by atoms with E-state index in [9.17, 15) is 4.79 Å². The number of rotatable bonds is 3. The van der Waals surface area contributed by atoms with Crippen molar-refractivity contribution in [3.63, 3.8) is 0 Å². The fourth-order valence-electron chi connectivity index (χ4n) is 1.30. The number of thiocarbonyl (C=S) groups is 1. The topological polar surface area (TPSA) is 46.3 Å². The number of halogens is 1. The molecular formula is C11H13ClN2OS. The van der Waals surface area contributed by atoms with Crippen molar-refractivity contribution in [2.45, 2.75) is 6.92 Å². The number of carbonyl (C=O) groups excluding carboxylic acids is 1. The number of hydrogen-bond acceptors (Lipinski definition) is 2. The van der Waals surface area contributed by atoms with Crippen LogP contribution in [0, 0.1) is 6.92 Å². The molecule has 0 unspecified atom stereocenters. The van der Waals surface area contributed by atoms with Gasteiger partial charge in [-0.3, -0.25) is 4.79 Å². The minimum Gasteiger partial charge on any atom is -0.392 e. The van der Waals surface area contributed by atoms with E-state index in [0.717, 1.165) is 5.56 Å². The Hall–Kier alpha value is -1.13. The maximum atomic E-state index is 11.9. The summed E-state index contributed by atoms with van der Waals surface area (Å²) in [5.74, 6) is -0.183. The summed E-state index contributed by atoms with van der Waals surface area (Å²) in [6, 6.07) is 5.30. The number of nitrogens with zero attached hydrogens (tertiary/aromatic N) is 1. The first kappa shape index (κ1) is 12.9. The Morgan fingerprint density at radius 2 is 2.19 bits per heavy atom. The van der Waals surface area contributed by atoms with Crippen LogP contribution in [0.5, 0.6) is 0 Å². The third-order valence-corrected chi connectivity index (χ3v) is 2.54. The third kappa shape index (κ3) is 3.18. The van der Waals surface area contributed by atoms with Gasteiger partial charge in [-0.25, -0.2) is 0 Å². The number of hydrogen-bond donors (Lipinski definition) is 1. The van der Waals surface area contributed by atoms with Crippen LogP contribution in [0.15, 0.2) is 18.2 Å². The first-order valence-electron chi connectivity index (χ1n) is 4.71. The quantitative estimate of drug-likeness (QED) is 0.842. The molecule has 0 bridgehead atoms. The molecule has 86 valence electrons. The van der Waals surface area contributed by atoms with Crippen LogP contribution >= 0.6 is 23.8 Å². The van der Waals surface area contributed by atoms with Gasteiger partial charge in [0.05, 0.1) is 22.1 Å². The molecule has 1 aromatic carbocycles. The van der Waals surface area contributed by atoms with Gasteiger partial charge in [0.2, 0.25) is 0 Å². The Bertz CT molecular complexity index is 434. The van der Waals surface area contributed by atoms with Gasteiger partial charge in [-0.2, -0.15) is 0 Å². The summed E-state index contributed by atoms with van der Waals surface area (Å²) >= 11 is 10.7. The van der Waals surface area contributed by atoms with Crippen LogP contribution in [0.4, 0.5) is 0 Å². The summed E-state index contributed by atoms with van der Waals surface area (Å²) in [4.78, 5) is 13.7. The molecule has 2 N–H and O–H groups in total. The number of amides is 1. The van der Waals surface area contributed by atoms with Crippen molar-refractivity contribution in [3.8, 4) is 0 Å². The lowest BCUT2D eigenvalue weighted by Crippen LogP contribution is -2.34. The average Bonchev–Trinajstić information content (AvgIpc) is 2.15. The molecule has 0 radical (unpaired) electrons. The fourth-order valence-corrected chi connectivity index (χ4v) is 1.81. The van der Waals surface area contributed by atoms with Crippen LogP contribution in [-0.2, 0) is 0 Å². The zero-order chi connectivity index (χ0) is 12.3. The van der Waals surface area contributed by atoms with Gasteiger partial charge in [0.1, 0.15) is 0 Å². The highest BCUT2D eigenvalue weighted by Gasteiger charge is 2.15. The highest BCUT2D eigenvalue weighted by molar-refractivity contribution is 7.80. The van der Waals surface area contributed by atoms with Gasteiger partial charge < -0.3 is 10.6 Å². The van der Waals surface area contributed by atoms with Gasteiger partial charge in [0.25, 0.3) is 5.91 Å². The maximum absolute atomic E-state index is 11.9. The second-order valence-electron chi connectivity index (χ2n) is 3.61. The van der Waals surface area contributed by atoms with E-state index in [2.05, 4.69) is 0 Å². The van der Waals surface area contributed by atoms with Crippen LogP contribution < -0.4 is 5.73 Å². The SMILES string of the molecule is Cc1ccc(C(=O)N(C)CC(N)=S)c(Cl)c1. The molecule has 16 heavy (non-hydrogen) atoms. The second-order valence-corrected chi connectivity index (χ2v) is 4.54. The first-order valence-corrected chi connectivity index (χ1v) is 5.50. The fraction of sp³-hybridized carbons (Fsp3) is 0.273. The van der Waals surface area contributed by atoms with E-state index in [1.807, 2.05) is 13.0 Å². The van der Waals surface area contributed by atoms with E-state index in [0.29, 0.717) is 10.6 Å². The van der Waals surface area contributed by atoms with E-state index in [4.69, 9.17) is 29.6 Å². The summed E-state index contributed by atoms with van der Waals surface area (Å²) in [6.45, 7) is 2.16. The Morgan fingerprint density at radius 3 is 2.69 bits per heavy atom. The molecule has 1 rings (SSSR count). The number of carbonyl (C=O) groups is 1. The monoisotopic (exact) mass is 256 g/mol. The summed E-state index contributed by atoms with van der Waals surface area (Å²) in [6.07, 6.45) is 0. The standard InChI is InChI=1S/C11H13ClN2OS/c1-7-3-4-8(9(12)5-7)11(15)14(2)6-10(13)16/h3-5H,6H2,1-2H3,(H2,13,16). The Morgan fingerprint density at radius 1 is 1.56 bits per heavy atom. The van der Waals surface area contributed by atoms with Gasteiger partial charge in [0.15, 0.2) is 0 Å². The van der Waals surface area contributed by atoms with Gasteiger partial charge >= 0.3 is 0 Å². The molecule has 0 spiro atoms. The molecule has 5 heteroatoms. The van der Waals surface area contributed by atoms with Crippen LogP contribution in [0.1, 0.15) is 15.9 Å². The lowest BCUT2D eigenvalue weighted by Gasteiger charge is -2.17. The molecule has 0 saturated carbocycles. The molecule has 0 aliphatic heterocycles. The van der Waals surface area contributed by atoms with Crippen molar-refractivity contribution in [2.75, 3.05) is 13.6 Å². The van der Waals surface area contributed by atoms with Crippen LogP contribution in [0.2, 0.25) is 5.02 Å². The summed E-state index contributed by atoms with van der Waals surface area (Å²) < 4.78 is 0. The number of likely N-dealkylation sites (N-methyl/N-ethyl adjacent to an activating group) is 1.